The van der Waals surface area contributed by atoms with Crippen LogP contribution in [-0.2, 0) is 14.8 Å². The van der Waals surface area contributed by atoms with Crippen LogP contribution in [0, 0.1) is 6.92 Å². The van der Waals surface area contributed by atoms with Crippen molar-refractivity contribution in [1.29, 1.82) is 0 Å². The molecule has 0 saturated carbocycles. The molecule has 8 heteroatoms. The van der Waals surface area contributed by atoms with Crippen LogP contribution in [0.5, 0.6) is 11.5 Å². The van der Waals surface area contributed by atoms with Crippen molar-refractivity contribution >= 4 is 27.3 Å². The van der Waals surface area contributed by atoms with Gasteiger partial charge in [0.05, 0.1) is 31.9 Å². The maximum atomic E-state index is 12.8. The summed E-state index contributed by atoms with van der Waals surface area (Å²) in [6.45, 7) is 3.42. The number of carbonyl (C=O) groups excluding carboxylic acids is 1. The van der Waals surface area contributed by atoms with Gasteiger partial charge in [-0.15, -0.1) is 0 Å². The number of methoxy groups -OCH3 is 2. The first-order chi connectivity index (χ1) is 12.7. The van der Waals surface area contributed by atoms with Crippen molar-refractivity contribution in [2.24, 2.45) is 0 Å². The molecule has 0 aliphatic heterocycles. The molecule has 0 fully saturated rings. The van der Waals surface area contributed by atoms with Crippen molar-refractivity contribution in [1.82, 2.24) is 0 Å². The van der Waals surface area contributed by atoms with Crippen LogP contribution < -0.4 is 19.1 Å². The molecule has 0 unspecified atom stereocenters. The van der Waals surface area contributed by atoms with Gasteiger partial charge in [-0.2, -0.15) is 0 Å². The second-order valence-electron chi connectivity index (χ2n) is 6.13. The molecule has 7 nitrogen and oxygen atoms in total. The Hall–Kier alpha value is -2.74. The highest BCUT2D eigenvalue weighted by atomic mass is 32.2. The number of nitrogens with one attached hydrogen (secondary N) is 1. The number of rotatable bonds is 7. The number of nitrogens with zero attached hydrogens (tertiary/aromatic N) is 1. The number of benzene rings is 2. The minimum Gasteiger partial charge on any atom is -0.497 e. The number of hydrogen-bond acceptors (Lipinski definition) is 5. The zero-order valence-electron chi connectivity index (χ0n) is 16.0. The summed E-state index contributed by atoms with van der Waals surface area (Å²) in [6, 6.07) is 10.9. The molecule has 2 rings (SSSR count). The van der Waals surface area contributed by atoms with Gasteiger partial charge in [0.25, 0.3) is 0 Å². The molecule has 0 heterocycles. The highest BCUT2D eigenvalue weighted by molar-refractivity contribution is 7.92. The number of anilines is 2. The Balaban J connectivity index is 2.33. The second-order valence-corrected chi connectivity index (χ2v) is 7.99. The quantitative estimate of drug-likeness (QED) is 0.783. The molecular formula is C19H24N2O5S. The lowest BCUT2D eigenvalue weighted by molar-refractivity contribution is -0.116. The van der Waals surface area contributed by atoms with Crippen molar-refractivity contribution in [3.05, 3.63) is 48.0 Å². The van der Waals surface area contributed by atoms with Gasteiger partial charge in [0.1, 0.15) is 17.5 Å². The maximum Gasteiger partial charge on any atom is 0.248 e. The van der Waals surface area contributed by atoms with E-state index in [-0.39, 0.29) is 0 Å². The van der Waals surface area contributed by atoms with Crippen molar-refractivity contribution in [3.63, 3.8) is 0 Å². The van der Waals surface area contributed by atoms with E-state index in [1.807, 2.05) is 13.0 Å². The van der Waals surface area contributed by atoms with Gasteiger partial charge in [-0.3, -0.25) is 9.10 Å². The smallest absolute Gasteiger partial charge is 0.248 e. The van der Waals surface area contributed by atoms with Gasteiger partial charge >= 0.3 is 0 Å². The van der Waals surface area contributed by atoms with Crippen LogP contribution in [0.4, 0.5) is 11.4 Å². The molecule has 27 heavy (non-hydrogen) atoms. The topological polar surface area (TPSA) is 84.9 Å². The molecule has 1 amide bonds. The van der Waals surface area contributed by atoms with Crippen molar-refractivity contribution < 1.29 is 22.7 Å². The highest BCUT2D eigenvalue weighted by Crippen LogP contribution is 2.27. The number of hydrogen-bond donors (Lipinski definition) is 1. The number of amides is 1. The van der Waals surface area contributed by atoms with E-state index in [9.17, 15) is 13.2 Å². The summed E-state index contributed by atoms with van der Waals surface area (Å²) in [5, 5.41) is 2.75. The molecule has 1 atom stereocenters. The van der Waals surface area contributed by atoms with Crippen LogP contribution in [0.2, 0.25) is 0 Å². The van der Waals surface area contributed by atoms with Crippen LogP contribution in [0.1, 0.15) is 12.5 Å². The molecule has 1 N–H and O–H groups in total. The molecule has 0 aliphatic rings. The third kappa shape index (κ3) is 4.91. The number of aryl methyl sites for hydroxylation is 1. The number of sulfonamides is 1. The normalized spacial score (nSPS) is 12.2. The predicted octanol–water partition coefficient (Wildman–Crippen LogP) is 2.81. The van der Waals surface area contributed by atoms with Gasteiger partial charge < -0.3 is 14.8 Å². The average molecular weight is 392 g/mol. The third-order valence-corrected chi connectivity index (χ3v) is 5.27. The summed E-state index contributed by atoms with van der Waals surface area (Å²) >= 11 is 0. The summed E-state index contributed by atoms with van der Waals surface area (Å²) in [5.74, 6) is 0.616. The van der Waals surface area contributed by atoms with Gasteiger partial charge in [-0.1, -0.05) is 6.07 Å². The van der Waals surface area contributed by atoms with E-state index in [2.05, 4.69) is 5.32 Å². The Kier molecular flexibility index (Phi) is 6.32. The van der Waals surface area contributed by atoms with E-state index in [1.54, 1.807) is 36.4 Å². The second kappa shape index (κ2) is 8.30. The first-order valence-corrected chi connectivity index (χ1v) is 10.1. The Labute approximate surface area is 160 Å². The monoisotopic (exact) mass is 392 g/mol. The van der Waals surface area contributed by atoms with Gasteiger partial charge in [0.2, 0.25) is 15.9 Å². The van der Waals surface area contributed by atoms with Crippen LogP contribution >= 0.6 is 0 Å². The Morgan fingerprint density at radius 1 is 1.07 bits per heavy atom. The van der Waals surface area contributed by atoms with Gasteiger partial charge in [-0.05, 0) is 55.8 Å². The fourth-order valence-electron chi connectivity index (χ4n) is 2.69. The fourth-order valence-corrected chi connectivity index (χ4v) is 3.87. The Morgan fingerprint density at radius 3 is 2.22 bits per heavy atom. The van der Waals surface area contributed by atoms with Gasteiger partial charge in [-0.25, -0.2) is 8.42 Å². The van der Waals surface area contributed by atoms with E-state index in [4.69, 9.17) is 9.47 Å². The lowest BCUT2D eigenvalue weighted by Gasteiger charge is -2.28. The molecule has 2 aromatic rings. The largest absolute Gasteiger partial charge is 0.497 e. The van der Waals surface area contributed by atoms with E-state index >= 15 is 0 Å². The molecule has 0 saturated heterocycles. The summed E-state index contributed by atoms with van der Waals surface area (Å²) in [7, 11) is -0.671. The standard InChI is InChI=1S/C19H24N2O5S/c1-13-6-11-18(26-4)17(12-13)20-19(22)14(2)21(27(5,23)24)15-7-9-16(25-3)10-8-15/h6-12,14H,1-5H3,(H,20,22)/t14-/m1/s1. The summed E-state index contributed by atoms with van der Waals surface area (Å²) in [6.07, 6.45) is 1.06. The SMILES string of the molecule is COc1ccc(N([C@H](C)C(=O)Nc2cc(C)ccc2OC)S(C)(=O)=O)cc1. The molecule has 0 radical (unpaired) electrons. The van der Waals surface area contributed by atoms with Crippen molar-refractivity contribution in [2.45, 2.75) is 19.9 Å². The molecule has 0 spiro atoms. The summed E-state index contributed by atoms with van der Waals surface area (Å²) in [5.41, 5.74) is 1.79. The Morgan fingerprint density at radius 2 is 1.70 bits per heavy atom. The lowest BCUT2D eigenvalue weighted by atomic mass is 10.2. The van der Waals surface area contributed by atoms with Crippen LogP contribution in [0.3, 0.4) is 0 Å². The highest BCUT2D eigenvalue weighted by Gasteiger charge is 2.29. The zero-order chi connectivity index (χ0) is 20.2. The van der Waals surface area contributed by atoms with E-state index < -0.39 is 22.0 Å². The lowest BCUT2D eigenvalue weighted by Crippen LogP contribution is -2.45. The molecule has 2 aromatic carbocycles. The first kappa shape index (κ1) is 20.6. The first-order valence-electron chi connectivity index (χ1n) is 8.26. The maximum absolute atomic E-state index is 12.8. The van der Waals surface area contributed by atoms with Crippen LogP contribution in [0.25, 0.3) is 0 Å². The average Bonchev–Trinajstić information content (AvgIpc) is 2.61. The molecule has 0 aromatic heterocycles. The summed E-state index contributed by atoms with van der Waals surface area (Å²) in [4.78, 5) is 12.8. The van der Waals surface area contributed by atoms with Gasteiger partial charge in [0, 0.05) is 0 Å². The molecule has 0 aliphatic carbocycles. The third-order valence-electron chi connectivity index (χ3n) is 4.03. The number of ether oxygens (including phenoxy) is 2. The Bertz CT molecular complexity index is 910. The van der Waals surface area contributed by atoms with Crippen LogP contribution in [0.15, 0.2) is 42.5 Å². The summed E-state index contributed by atoms with van der Waals surface area (Å²) < 4.78 is 36.1. The molecule has 0 bridgehead atoms. The zero-order valence-corrected chi connectivity index (χ0v) is 16.8. The molecule has 146 valence electrons. The van der Waals surface area contributed by atoms with Crippen LogP contribution in [-0.4, -0.2) is 40.8 Å². The van der Waals surface area contributed by atoms with E-state index in [1.165, 1.54) is 21.1 Å². The van der Waals surface area contributed by atoms with Gasteiger partial charge in [0.15, 0.2) is 0 Å². The molecular weight excluding hydrogens is 368 g/mol. The minimum absolute atomic E-state index is 0.372. The van der Waals surface area contributed by atoms with E-state index in [0.29, 0.717) is 22.9 Å². The van der Waals surface area contributed by atoms with E-state index in [0.717, 1.165) is 16.1 Å². The minimum atomic E-state index is -3.70. The number of carbonyl (C=O) groups is 1. The van der Waals surface area contributed by atoms with Crippen molar-refractivity contribution in [3.8, 4) is 11.5 Å². The predicted molar refractivity (Wildman–Crippen MR) is 106 cm³/mol. The fraction of sp³-hybridized carbons (Fsp3) is 0.316. The van der Waals surface area contributed by atoms with Crippen molar-refractivity contribution in [2.75, 3.05) is 30.1 Å².